The SMILES string of the molecule is C[C@@H](Sc1nnc(-c2ccccc2F)n1N)C(=O)Nc1ccccc1F. The van der Waals surface area contributed by atoms with Crippen LogP contribution in [0.25, 0.3) is 11.4 Å². The van der Waals surface area contributed by atoms with Gasteiger partial charge in [0.2, 0.25) is 11.1 Å². The van der Waals surface area contributed by atoms with Crippen molar-refractivity contribution in [3.8, 4) is 11.4 Å². The third-order valence-corrected chi connectivity index (χ3v) is 4.62. The van der Waals surface area contributed by atoms with Crippen molar-refractivity contribution in [2.45, 2.75) is 17.3 Å². The van der Waals surface area contributed by atoms with Crippen LogP contribution in [0.3, 0.4) is 0 Å². The average molecular weight is 375 g/mol. The molecular formula is C17H15F2N5OS. The zero-order valence-corrected chi connectivity index (χ0v) is 14.5. The molecule has 9 heteroatoms. The Morgan fingerprint density at radius 1 is 1.12 bits per heavy atom. The summed E-state index contributed by atoms with van der Waals surface area (Å²) in [7, 11) is 0. The maximum atomic E-state index is 13.9. The summed E-state index contributed by atoms with van der Waals surface area (Å²) >= 11 is 1.03. The highest BCUT2D eigenvalue weighted by molar-refractivity contribution is 8.00. The molecule has 3 N–H and O–H groups in total. The van der Waals surface area contributed by atoms with Gasteiger partial charge in [-0.1, -0.05) is 36.0 Å². The monoisotopic (exact) mass is 375 g/mol. The number of thioether (sulfide) groups is 1. The molecule has 26 heavy (non-hydrogen) atoms. The van der Waals surface area contributed by atoms with Crippen molar-refractivity contribution >= 4 is 23.4 Å². The van der Waals surface area contributed by atoms with Gasteiger partial charge in [-0.15, -0.1) is 10.2 Å². The third-order valence-electron chi connectivity index (χ3n) is 3.56. The summed E-state index contributed by atoms with van der Waals surface area (Å²) in [4.78, 5) is 12.3. The molecule has 0 unspecified atom stereocenters. The summed E-state index contributed by atoms with van der Waals surface area (Å²) in [5, 5.41) is 9.91. The molecule has 1 atom stereocenters. The zero-order valence-electron chi connectivity index (χ0n) is 13.7. The number of amides is 1. The van der Waals surface area contributed by atoms with E-state index in [4.69, 9.17) is 5.84 Å². The van der Waals surface area contributed by atoms with E-state index in [1.807, 2.05) is 0 Å². The largest absolute Gasteiger partial charge is 0.335 e. The first kappa shape index (κ1) is 17.9. The van der Waals surface area contributed by atoms with E-state index >= 15 is 0 Å². The molecule has 1 heterocycles. The van der Waals surface area contributed by atoms with E-state index < -0.39 is 22.8 Å². The van der Waals surface area contributed by atoms with Gasteiger partial charge in [0.25, 0.3) is 0 Å². The van der Waals surface area contributed by atoms with E-state index in [9.17, 15) is 13.6 Å². The van der Waals surface area contributed by atoms with Gasteiger partial charge in [0.05, 0.1) is 16.5 Å². The summed E-state index contributed by atoms with van der Waals surface area (Å²) in [5.41, 5.74) is 0.295. The van der Waals surface area contributed by atoms with Gasteiger partial charge in [-0.2, -0.15) is 0 Å². The summed E-state index contributed by atoms with van der Waals surface area (Å²) in [5.74, 6) is 4.66. The molecule has 0 saturated heterocycles. The van der Waals surface area contributed by atoms with Gasteiger partial charge < -0.3 is 11.2 Å². The van der Waals surface area contributed by atoms with Crippen molar-refractivity contribution < 1.29 is 13.6 Å². The minimum atomic E-state index is -0.630. The Hall–Kier alpha value is -2.94. The van der Waals surface area contributed by atoms with Gasteiger partial charge in [-0.3, -0.25) is 4.79 Å². The van der Waals surface area contributed by atoms with Crippen LogP contribution in [0.15, 0.2) is 53.7 Å². The van der Waals surface area contributed by atoms with Gasteiger partial charge in [0.15, 0.2) is 5.82 Å². The molecule has 0 saturated carbocycles. The van der Waals surface area contributed by atoms with E-state index in [2.05, 4.69) is 15.5 Å². The number of nitrogens with zero attached hydrogens (tertiary/aromatic N) is 3. The van der Waals surface area contributed by atoms with Crippen LogP contribution in [-0.4, -0.2) is 26.0 Å². The molecule has 0 aliphatic heterocycles. The molecule has 0 bridgehead atoms. The molecule has 6 nitrogen and oxygen atoms in total. The number of carbonyl (C=O) groups is 1. The molecule has 0 aliphatic rings. The highest BCUT2D eigenvalue weighted by atomic mass is 32.2. The normalized spacial score (nSPS) is 12.0. The predicted octanol–water partition coefficient (Wildman–Crippen LogP) is 3.06. The molecular weight excluding hydrogens is 360 g/mol. The number of nitrogen functional groups attached to an aromatic ring is 1. The van der Waals surface area contributed by atoms with Crippen molar-refractivity contribution in [3.63, 3.8) is 0 Å². The molecule has 0 aliphatic carbocycles. The summed E-state index contributed by atoms with van der Waals surface area (Å²) in [6, 6.07) is 11.9. The molecule has 3 rings (SSSR count). The lowest BCUT2D eigenvalue weighted by Crippen LogP contribution is -2.24. The minimum absolute atomic E-state index is 0.0891. The van der Waals surface area contributed by atoms with E-state index in [-0.39, 0.29) is 22.2 Å². The number of para-hydroxylation sites is 1. The van der Waals surface area contributed by atoms with Crippen molar-refractivity contribution in [3.05, 3.63) is 60.2 Å². The van der Waals surface area contributed by atoms with Gasteiger partial charge in [-0.25, -0.2) is 13.5 Å². The Kier molecular flexibility index (Phi) is 5.17. The fourth-order valence-corrected chi connectivity index (χ4v) is 2.96. The van der Waals surface area contributed by atoms with Crippen LogP contribution in [-0.2, 0) is 4.79 Å². The van der Waals surface area contributed by atoms with Crippen molar-refractivity contribution in [2.24, 2.45) is 0 Å². The lowest BCUT2D eigenvalue weighted by molar-refractivity contribution is -0.115. The molecule has 1 amide bonds. The number of nitrogens with two attached hydrogens (primary N) is 1. The Bertz CT molecular complexity index is 946. The first-order valence-electron chi connectivity index (χ1n) is 7.65. The lowest BCUT2D eigenvalue weighted by Gasteiger charge is -2.12. The van der Waals surface area contributed by atoms with Crippen LogP contribution in [0.2, 0.25) is 0 Å². The maximum absolute atomic E-state index is 13.9. The first-order chi connectivity index (χ1) is 12.5. The van der Waals surface area contributed by atoms with Crippen molar-refractivity contribution in [1.82, 2.24) is 14.9 Å². The van der Waals surface area contributed by atoms with Gasteiger partial charge >= 0.3 is 0 Å². The summed E-state index contributed by atoms with van der Waals surface area (Å²) < 4.78 is 28.6. The standard InChI is InChI=1S/C17H15F2N5OS/c1-10(16(25)21-14-9-5-4-8-13(14)19)26-17-23-22-15(24(17)20)11-6-2-3-7-12(11)18/h2-10H,20H2,1H3,(H,21,25)/t10-/m1/s1. The van der Waals surface area contributed by atoms with Gasteiger partial charge in [0.1, 0.15) is 11.6 Å². The summed E-state index contributed by atoms with van der Waals surface area (Å²) in [6.07, 6.45) is 0. The fourth-order valence-electron chi connectivity index (χ4n) is 2.19. The molecule has 134 valence electrons. The highest BCUT2D eigenvalue weighted by Gasteiger charge is 2.21. The van der Waals surface area contributed by atoms with Gasteiger partial charge in [0, 0.05) is 0 Å². The minimum Gasteiger partial charge on any atom is -0.335 e. The maximum Gasteiger partial charge on any atom is 0.237 e. The van der Waals surface area contributed by atoms with E-state index in [1.165, 1.54) is 30.3 Å². The second kappa shape index (κ2) is 7.52. The number of nitrogens with one attached hydrogen (secondary N) is 1. The summed E-state index contributed by atoms with van der Waals surface area (Å²) in [6.45, 7) is 1.62. The molecule has 0 fully saturated rings. The van der Waals surface area contributed by atoms with E-state index in [1.54, 1.807) is 25.1 Å². The number of benzene rings is 2. The second-order valence-corrected chi connectivity index (χ2v) is 6.69. The molecule has 1 aromatic heterocycles. The first-order valence-corrected chi connectivity index (χ1v) is 8.52. The van der Waals surface area contributed by atoms with Crippen LogP contribution in [0.1, 0.15) is 6.92 Å². The zero-order chi connectivity index (χ0) is 18.7. The van der Waals surface area contributed by atoms with E-state index in [0.29, 0.717) is 0 Å². The smallest absolute Gasteiger partial charge is 0.237 e. The van der Waals surface area contributed by atoms with E-state index in [0.717, 1.165) is 16.4 Å². The molecule has 2 aromatic carbocycles. The number of hydrogen-bond donors (Lipinski definition) is 2. The average Bonchev–Trinajstić information content (AvgIpc) is 2.98. The van der Waals surface area contributed by atoms with Crippen LogP contribution in [0.5, 0.6) is 0 Å². The number of carbonyl (C=O) groups excluding carboxylic acids is 1. The Balaban J connectivity index is 1.74. The second-order valence-electron chi connectivity index (χ2n) is 5.39. The van der Waals surface area contributed by atoms with Gasteiger partial charge in [-0.05, 0) is 31.2 Å². The van der Waals surface area contributed by atoms with Crippen LogP contribution < -0.4 is 11.2 Å². The Morgan fingerprint density at radius 2 is 1.77 bits per heavy atom. The topological polar surface area (TPSA) is 85.8 Å². The molecule has 3 aromatic rings. The Morgan fingerprint density at radius 3 is 2.46 bits per heavy atom. The van der Waals surface area contributed by atoms with Crippen LogP contribution >= 0.6 is 11.8 Å². The molecule has 0 spiro atoms. The fraction of sp³-hybridized carbons (Fsp3) is 0.118. The van der Waals surface area contributed by atoms with Crippen molar-refractivity contribution in [1.29, 1.82) is 0 Å². The number of rotatable bonds is 5. The number of aromatic nitrogens is 3. The molecule has 0 radical (unpaired) electrons. The van der Waals surface area contributed by atoms with Crippen LogP contribution in [0, 0.1) is 11.6 Å². The Labute approximate surface area is 152 Å². The third kappa shape index (κ3) is 3.67. The predicted molar refractivity (Wildman–Crippen MR) is 95.9 cm³/mol. The van der Waals surface area contributed by atoms with Crippen molar-refractivity contribution in [2.75, 3.05) is 11.2 Å². The lowest BCUT2D eigenvalue weighted by atomic mass is 10.2. The number of hydrogen-bond acceptors (Lipinski definition) is 5. The quantitative estimate of drug-likeness (QED) is 0.529. The van der Waals surface area contributed by atoms with Crippen LogP contribution in [0.4, 0.5) is 14.5 Å². The number of halogens is 2. The number of anilines is 1. The highest BCUT2D eigenvalue weighted by Crippen LogP contribution is 2.26.